The van der Waals surface area contributed by atoms with Crippen LogP contribution in [0.5, 0.6) is 0 Å². The molecule has 3 N–H and O–H groups in total. The average Bonchev–Trinajstić information content (AvgIpc) is 2.27. The third kappa shape index (κ3) is 4.10. The van der Waals surface area contributed by atoms with E-state index in [0.717, 1.165) is 13.1 Å². The number of piperidine rings is 1. The lowest BCUT2D eigenvalue weighted by Crippen LogP contribution is -2.43. The molecule has 0 aromatic carbocycles. The van der Waals surface area contributed by atoms with Crippen LogP contribution >= 0.6 is 0 Å². The molecule has 0 spiro atoms. The highest BCUT2D eigenvalue weighted by Crippen LogP contribution is 2.20. The van der Waals surface area contributed by atoms with Crippen molar-refractivity contribution < 1.29 is 9.90 Å². The first-order valence-electron chi connectivity index (χ1n) is 6.37. The molecule has 1 saturated heterocycles. The predicted molar refractivity (Wildman–Crippen MR) is 64.3 cm³/mol. The Morgan fingerprint density at radius 2 is 2.31 bits per heavy atom. The lowest BCUT2D eigenvalue weighted by atomic mass is 9.97. The van der Waals surface area contributed by atoms with Crippen molar-refractivity contribution in [3.63, 3.8) is 0 Å². The van der Waals surface area contributed by atoms with Gasteiger partial charge in [0.05, 0.1) is 0 Å². The molecule has 1 rings (SSSR count). The van der Waals surface area contributed by atoms with E-state index in [9.17, 15) is 4.79 Å². The number of nitrogens with two attached hydrogens (primary N) is 1. The van der Waals surface area contributed by atoms with Crippen molar-refractivity contribution in [2.45, 2.75) is 57.5 Å². The molecule has 0 saturated carbocycles. The molecule has 0 aliphatic carbocycles. The van der Waals surface area contributed by atoms with E-state index in [1.165, 1.54) is 32.1 Å². The summed E-state index contributed by atoms with van der Waals surface area (Å²) in [7, 11) is 0. The first-order chi connectivity index (χ1) is 7.65. The van der Waals surface area contributed by atoms with Gasteiger partial charge in [-0.25, -0.2) is 0 Å². The molecule has 0 bridgehead atoms. The smallest absolute Gasteiger partial charge is 0.320 e. The summed E-state index contributed by atoms with van der Waals surface area (Å²) in [6.45, 7) is 4.14. The molecular weight excluding hydrogens is 204 g/mol. The van der Waals surface area contributed by atoms with E-state index in [0.29, 0.717) is 12.5 Å². The van der Waals surface area contributed by atoms with E-state index in [2.05, 4.69) is 11.8 Å². The highest BCUT2D eigenvalue weighted by molar-refractivity contribution is 5.72. The Hall–Kier alpha value is -0.610. The van der Waals surface area contributed by atoms with Gasteiger partial charge < -0.3 is 15.7 Å². The number of rotatable bonds is 6. The number of hydrogen-bond acceptors (Lipinski definition) is 3. The van der Waals surface area contributed by atoms with Gasteiger partial charge >= 0.3 is 5.97 Å². The van der Waals surface area contributed by atoms with Gasteiger partial charge in [0.1, 0.15) is 6.04 Å². The van der Waals surface area contributed by atoms with Crippen LogP contribution in [0, 0.1) is 0 Å². The maximum Gasteiger partial charge on any atom is 0.320 e. The third-order valence-electron chi connectivity index (χ3n) is 3.42. The fraction of sp³-hybridized carbons (Fsp3) is 0.917. The van der Waals surface area contributed by atoms with E-state index in [4.69, 9.17) is 10.8 Å². The van der Waals surface area contributed by atoms with E-state index in [1.54, 1.807) is 0 Å². The normalized spacial score (nSPS) is 24.2. The molecule has 2 atom stereocenters. The van der Waals surface area contributed by atoms with Crippen molar-refractivity contribution in [3.05, 3.63) is 0 Å². The second-order valence-corrected chi connectivity index (χ2v) is 4.71. The van der Waals surface area contributed by atoms with Gasteiger partial charge in [-0.15, -0.1) is 0 Å². The zero-order valence-electron chi connectivity index (χ0n) is 10.2. The van der Waals surface area contributed by atoms with Crippen molar-refractivity contribution in [1.82, 2.24) is 4.90 Å². The number of carboxylic acid groups (broad SMARTS) is 1. The quantitative estimate of drug-likeness (QED) is 0.722. The number of nitrogens with zero attached hydrogens (tertiary/aromatic N) is 1. The molecule has 0 aromatic heterocycles. The molecule has 0 aromatic rings. The number of likely N-dealkylation sites (tertiary alicyclic amines) is 1. The highest BCUT2D eigenvalue weighted by Gasteiger charge is 2.22. The predicted octanol–water partition coefficient (Wildman–Crippen LogP) is 1.44. The molecule has 1 aliphatic rings. The van der Waals surface area contributed by atoms with E-state index >= 15 is 0 Å². The zero-order valence-corrected chi connectivity index (χ0v) is 10.2. The summed E-state index contributed by atoms with van der Waals surface area (Å²) < 4.78 is 0. The first-order valence-corrected chi connectivity index (χ1v) is 6.37. The van der Waals surface area contributed by atoms with Crippen molar-refractivity contribution in [2.75, 3.05) is 13.1 Å². The number of hydrogen-bond donors (Lipinski definition) is 2. The maximum absolute atomic E-state index is 10.6. The van der Waals surface area contributed by atoms with Gasteiger partial charge in [0.25, 0.3) is 0 Å². The van der Waals surface area contributed by atoms with Gasteiger partial charge in [0, 0.05) is 12.6 Å². The molecule has 0 amide bonds. The maximum atomic E-state index is 10.6. The Labute approximate surface area is 97.8 Å². The molecule has 2 unspecified atom stereocenters. The summed E-state index contributed by atoms with van der Waals surface area (Å²) in [5.74, 6) is -0.885. The molecule has 1 heterocycles. The molecule has 16 heavy (non-hydrogen) atoms. The molecule has 0 radical (unpaired) electrons. The van der Waals surface area contributed by atoms with Gasteiger partial charge in [0.2, 0.25) is 0 Å². The molecule has 94 valence electrons. The Morgan fingerprint density at radius 3 is 2.94 bits per heavy atom. The minimum Gasteiger partial charge on any atom is -0.480 e. The summed E-state index contributed by atoms with van der Waals surface area (Å²) in [4.78, 5) is 13.1. The fourth-order valence-corrected chi connectivity index (χ4v) is 2.44. The third-order valence-corrected chi connectivity index (χ3v) is 3.42. The Kier molecular flexibility index (Phi) is 5.77. The van der Waals surface area contributed by atoms with Crippen molar-refractivity contribution in [1.29, 1.82) is 0 Å². The lowest BCUT2D eigenvalue weighted by molar-refractivity contribution is -0.138. The first kappa shape index (κ1) is 13.5. The number of carbonyl (C=O) groups is 1. The summed E-state index contributed by atoms with van der Waals surface area (Å²) in [5.41, 5.74) is 5.53. The summed E-state index contributed by atoms with van der Waals surface area (Å²) in [6, 6.07) is -0.0519. The SMILES string of the molecule is CCCC1CCCCN1CCC(N)C(=O)O. The van der Waals surface area contributed by atoms with E-state index in [-0.39, 0.29) is 0 Å². The van der Waals surface area contributed by atoms with Crippen LogP contribution in [-0.2, 0) is 4.79 Å². The lowest BCUT2D eigenvalue weighted by Gasteiger charge is -2.36. The largest absolute Gasteiger partial charge is 0.480 e. The van der Waals surface area contributed by atoms with Crippen LogP contribution in [0.4, 0.5) is 0 Å². The summed E-state index contributed by atoms with van der Waals surface area (Å²) >= 11 is 0. The number of carboxylic acids is 1. The van der Waals surface area contributed by atoms with Crippen LogP contribution in [0.3, 0.4) is 0 Å². The highest BCUT2D eigenvalue weighted by atomic mass is 16.4. The van der Waals surface area contributed by atoms with Gasteiger partial charge in [-0.2, -0.15) is 0 Å². The Bertz CT molecular complexity index is 219. The topological polar surface area (TPSA) is 66.6 Å². The molecule has 4 nitrogen and oxygen atoms in total. The second kappa shape index (κ2) is 6.86. The Morgan fingerprint density at radius 1 is 1.56 bits per heavy atom. The van der Waals surface area contributed by atoms with Gasteiger partial charge in [-0.1, -0.05) is 19.8 Å². The van der Waals surface area contributed by atoms with E-state index in [1.807, 2.05) is 0 Å². The van der Waals surface area contributed by atoms with Gasteiger partial charge in [-0.3, -0.25) is 4.79 Å². The monoisotopic (exact) mass is 228 g/mol. The van der Waals surface area contributed by atoms with Crippen molar-refractivity contribution in [3.8, 4) is 0 Å². The molecule has 1 fully saturated rings. The van der Waals surface area contributed by atoms with Gasteiger partial charge in [0.15, 0.2) is 0 Å². The zero-order chi connectivity index (χ0) is 12.0. The second-order valence-electron chi connectivity index (χ2n) is 4.71. The van der Waals surface area contributed by atoms with Crippen LogP contribution < -0.4 is 5.73 Å². The molecule has 1 aliphatic heterocycles. The molecular formula is C12H24N2O2. The average molecular weight is 228 g/mol. The van der Waals surface area contributed by atoms with Crippen LogP contribution in [0.15, 0.2) is 0 Å². The summed E-state index contributed by atoms with van der Waals surface area (Å²) in [6.07, 6.45) is 6.80. The minimum absolute atomic E-state index is 0.565. The van der Waals surface area contributed by atoms with Crippen LogP contribution in [-0.4, -0.2) is 41.1 Å². The van der Waals surface area contributed by atoms with Crippen LogP contribution in [0.25, 0.3) is 0 Å². The van der Waals surface area contributed by atoms with Crippen molar-refractivity contribution >= 4 is 5.97 Å². The Balaban J connectivity index is 2.34. The van der Waals surface area contributed by atoms with Crippen LogP contribution in [0.2, 0.25) is 0 Å². The summed E-state index contributed by atoms with van der Waals surface area (Å²) in [5, 5.41) is 8.74. The van der Waals surface area contributed by atoms with Crippen LogP contribution in [0.1, 0.15) is 45.4 Å². The number of aliphatic carboxylic acids is 1. The standard InChI is InChI=1S/C12H24N2O2/c1-2-5-10-6-3-4-8-14(10)9-7-11(13)12(15)16/h10-11H,2-9,13H2,1H3,(H,15,16). The van der Waals surface area contributed by atoms with E-state index < -0.39 is 12.0 Å². The van der Waals surface area contributed by atoms with Crippen molar-refractivity contribution in [2.24, 2.45) is 5.73 Å². The van der Waals surface area contributed by atoms with Gasteiger partial charge in [-0.05, 0) is 32.2 Å². The molecule has 4 heteroatoms. The fourth-order valence-electron chi connectivity index (χ4n) is 2.44. The minimum atomic E-state index is -0.885.